The molecule has 1 aromatic heterocycles. The van der Waals surface area contributed by atoms with E-state index in [1.54, 1.807) is 13.8 Å². The molecule has 1 rings (SSSR count). The summed E-state index contributed by atoms with van der Waals surface area (Å²) in [5, 5.41) is 25.0. The van der Waals surface area contributed by atoms with E-state index in [0.29, 0.717) is 5.69 Å². The molecule has 0 saturated heterocycles. The number of hydrogen-bond donors (Lipinski definition) is 7. The maximum atomic E-state index is 12.4. The monoisotopic (exact) mass is 398 g/mol. The summed E-state index contributed by atoms with van der Waals surface area (Å²) in [6, 6.07) is -3.35. The highest BCUT2D eigenvalue weighted by Gasteiger charge is 2.29. The highest BCUT2D eigenvalue weighted by Crippen LogP contribution is 2.03. The van der Waals surface area contributed by atoms with E-state index in [0.717, 1.165) is 0 Å². The summed E-state index contributed by atoms with van der Waals surface area (Å²) in [5.41, 5.74) is 6.41. The van der Waals surface area contributed by atoms with Crippen LogP contribution in [0.1, 0.15) is 19.5 Å². The topological polar surface area (TPSA) is 200 Å². The zero-order valence-corrected chi connectivity index (χ0v) is 15.6. The van der Waals surface area contributed by atoms with E-state index in [2.05, 4.69) is 25.9 Å². The standard InChI is InChI=1S/C16H26N6O6/c1-8(2)13(16(28)19-5-12(24)25)22-15(27)11(6-23)21-14(26)10(17)3-9-4-18-7-20-9/h4,7-8,10-11,13,23H,3,5-6,17H2,1-2H3,(H,18,20)(H,19,28)(H,21,26)(H,22,27)(H,24,25). The quantitative estimate of drug-likeness (QED) is 0.206. The minimum Gasteiger partial charge on any atom is -0.480 e. The molecule has 28 heavy (non-hydrogen) atoms. The first-order valence-electron chi connectivity index (χ1n) is 8.59. The number of nitrogens with two attached hydrogens (primary N) is 1. The van der Waals surface area contributed by atoms with Gasteiger partial charge in [-0.25, -0.2) is 4.98 Å². The number of imidazole rings is 1. The van der Waals surface area contributed by atoms with Crippen molar-refractivity contribution in [1.29, 1.82) is 0 Å². The molecule has 3 atom stereocenters. The van der Waals surface area contributed by atoms with Crippen LogP contribution in [0.2, 0.25) is 0 Å². The molecule has 1 aromatic rings. The molecule has 3 unspecified atom stereocenters. The smallest absolute Gasteiger partial charge is 0.322 e. The highest BCUT2D eigenvalue weighted by atomic mass is 16.4. The first-order chi connectivity index (χ1) is 13.1. The van der Waals surface area contributed by atoms with Crippen molar-refractivity contribution in [3.63, 3.8) is 0 Å². The van der Waals surface area contributed by atoms with Crippen molar-refractivity contribution in [2.24, 2.45) is 11.7 Å². The van der Waals surface area contributed by atoms with Gasteiger partial charge in [0.2, 0.25) is 17.7 Å². The minimum atomic E-state index is -1.33. The maximum absolute atomic E-state index is 12.4. The van der Waals surface area contributed by atoms with Crippen LogP contribution in [-0.4, -0.2) is 75.1 Å². The summed E-state index contributed by atoms with van der Waals surface area (Å²) in [4.78, 5) is 53.8. The number of aliphatic hydroxyl groups is 1. The number of aromatic nitrogens is 2. The number of aliphatic hydroxyl groups excluding tert-OH is 1. The van der Waals surface area contributed by atoms with Crippen molar-refractivity contribution in [1.82, 2.24) is 25.9 Å². The lowest BCUT2D eigenvalue weighted by atomic mass is 10.0. The fourth-order valence-electron chi connectivity index (χ4n) is 2.26. The van der Waals surface area contributed by atoms with Gasteiger partial charge in [0.1, 0.15) is 18.6 Å². The van der Waals surface area contributed by atoms with Gasteiger partial charge in [0.05, 0.1) is 19.0 Å². The fraction of sp³-hybridized carbons (Fsp3) is 0.562. The summed E-state index contributed by atoms with van der Waals surface area (Å²) >= 11 is 0. The van der Waals surface area contributed by atoms with E-state index < -0.39 is 55.0 Å². The van der Waals surface area contributed by atoms with Crippen molar-refractivity contribution in [2.45, 2.75) is 38.4 Å². The number of nitrogens with one attached hydrogen (secondary N) is 4. The highest BCUT2D eigenvalue weighted by molar-refractivity contribution is 5.93. The molecule has 0 fully saturated rings. The fourth-order valence-corrected chi connectivity index (χ4v) is 2.26. The predicted molar refractivity (Wildman–Crippen MR) is 96.7 cm³/mol. The summed E-state index contributed by atoms with van der Waals surface area (Å²) in [6.07, 6.45) is 3.09. The first-order valence-corrected chi connectivity index (χ1v) is 8.59. The number of carboxylic acids is 1. The normalized spacial score (nSPS) is 14.0. The van der Waals surface area contributed by atoms with Crippen molar-refractivity contribution in [3.05, 3.63) is 18.2 Å². The number of amides is 3. The van der Waals surface area contributed by atoms with Crippen molar-refractivity contribution in [3.8, 4) is 0 Å². The SMILES string of the molecule is CC(C)C(NC(=O)C(CO)NC(=O)C(N)Cc1cnc[nH]1)C(=O)NCC(=O)O. The number of aliphatic carboxylic acids is 1. The summed E-state index contributed by atoms with van der Waals surface area (Å²) in [5.74, 6) is -3.75. The molecule has 12 heteroatoms. The predicted octanol–water partition coefficient (Wildman–Crippen LogP) is -2.90. The van der Waals surface area contributed by atoms with Gasteiger partial charge in [-0.15, -0.1) is 0 Å². The van der Waals surface area contributed by atoms with E-state index >= 15 is 0 Å². The third-order valence-corrected chi connectivity index (χ3v) is 3.81. The van der Waals surface area contributed by atoms with Crippen LogP contribution < -0.4 is 21.7 Å². The minimum absolute atomic E-state index is 0.151. The lowest BCUT2D eigenvalue weighted by molar-refractivity contribution is -0.139. The molecule has 0 aliphatic rings. The second-order valence-electron chi connectivity index (χ2n) is 6.47. The van der Waals surface area contributed by atoms with Crippen LogP contribution in [0.25, 0.3) is 0 Å². The number of hydrogen-bond acceptors (Lipinski definition) is 7. The molecule has 12 nitrogen and oxygen atoms in total. The Labute approximate surface area is 161 Å². The van der Waals surface area contributed by atoms with E-state index in [-0.39, 0.29) is 12.3 Å². The van der Waals surface area contributed by atoms with Crippen LogP contribution in [0.4, 0.5) is 0 Å². The molecule has 0 aliphatic heterocycles. The van der Waals surface area contributed by atoms with Gasteiger partial charge < -0.3 is 36.9 Å². The molecule has 0 spiro atoms. The van der Waals surface area contributed by atoms with Crippen LogP contribution in [0, 0.1) is 5.92 Å². The van der Waals surface area contributed by atoms with Crippen LogP contribution in [0.3, 0.4) is 0 Å². The number of aromatic amines is 1. The van der Waals surface area contributed by atoms with Crippen molar-refractivity contribution < 1.29 is 29.4 Å². The van der Waals surface area contributed by atoms with E-state index in [1.807, 2.05) is 0 Å². The molecule has 0 saturated carbocycles. The van der Waals surface area contributed by atoms with Gasteiger partial charge in [0.15, 0.2) is 0 Å². The Hall–Kier alpha value is -2.99. The molecule has 0 bridgehead atoms. The number of nitrogens with zero attached hydrogens (tertiary/aromatic N) is 1. The third-order valence-electron chi connectivity index (χ3n) is 3.81. The number of H-pyrrole nitrogens is 1. The van der Waals surface area contributed by atoms with Crippen LogP contribution in [0.5, 0.6) is 0 Å². The second kappa shape index (κ2) is 11.0. The summed E-state index contributed by atoms with van der Waals surface area (Å²) in [7, 11) is 0. The second-order valence-corrected chi connectivity index (χ2v) is 6.47. The maximum Gasteiger partial charge on any atom is 0.322 e. The summed E-state index contributed by atoms with van der Waals surface area (Å²) < 4.78 is 0. The van der Waals surface area contributed by atoms with Gasteiger partial charge in [0, 0.05) is 18.3 Å². The zero-order valence-electron chi connectivity index (χ0n) is 15.6. The van der Waals surface area contributed by atoms with Crippen LogP contribution >= 0.6 is 0 Å². The molecule has 1 heterocycles. The molecular formula is C16H26N6O6. The average molecular weight is 398 g/mol. The van der Waals surface area contributed by atoms with Crippen LogP contribution in [0.15, 0.2) is 12.5 Å². The number of carbonyl (C=O) groups is 4. The first kappa shape index (κ1) is 23.0. The summed E-state index contributed by atoms with van der Waals surface area (Å²) in [6.45, 7) is 1.99. The molecule has 3 amide bonds. The zero-order chi connectivity index (χ0) is 21.3. The van der Waals surface area contributed by atoms with E-state index in [1.165, 1.54) is 12.5 Å². The molecule has 8 N–H and O–H groups in total. The molecule has 0 aliphatic carbocycles. The van der Waals surface area contributed by atoms with Gasteiger partial charge in [-0.3, -0.25) is 19.2 Å². The van der Waals surface area contributed by atoms with E-state index in [4.69, 9.17) is 10.8 Å². The van der Waals surface area contributed by atoms with Gasteiger partial charge in [-0.05, 0) is 5.92 Å². The molecule has 156 valence electrons. The number of carboxylic acid groups (broad SMARTS) is 1. The Morgan fingerprint density at radius 3 is 2.36 bits per heavy atom. The largest absolute Gasteiger partial charge is 0.480 e. The Morgan fingerprint density at radius 1 is 1.18 bits per heavy atom. The Balaban J connectivity index is 2.67. The average Bonchev–Trinajstić information content (AvgIpc) is 3.14. The Kier molecular flexibility index (Phi) is 9.05. The van der Waals surface area contributed by atoms with Gasteiger partial charge >= 0.3 is 5.97 Å². The van der Waals surface area contributed by atoms with Crippen molar-refractivity contribution >= 4 is 23.7 Å². The molecule has 0 aromatic carbocycles. The van der Waals surface area contributed by atoms with E-state index in [9.17, 15) is 24.3 Å². The van der Waals surface area contributed by atoms with Crippen molar-refractivity contribution in [2.75, 3.05) is 13.2 Å². The van der Waals surface area contributed by atoms with Crippen LogP contribution in [-0.2, 0) is 25.6 Å². The molecule has 0 radical (unpaired) electrons. The lowest BCUT2D eigenvalue weighted by Crippen LogP contribution is -2.58. The van der Waals surface area contributed by atoms with Gasteiger partial charge in [-0.2, -0.15) is 0 Å². The Bertz CT molecular complexity index is 677. The lowest BCUT2D eigenvalue weighted by Gasteiger charge is -2.25. The van der Waals surface area contributed by atoms with Gasteiger partial charge in [0.25, 0.3) is 0 Å². The Morgan fingerprint density at radius 2 is 1.86 bits per heavy atom. The molecular weight excluding hydrogens is 372 g/mol. The third kappa shape index (κ3) is 7.32. The number of carbonyl (C=O) groups excluding carboxylic acids is 3. The number of rotatable bonds is 11. The van der Waals surface area contributed by atoms with Gasteiger partial charge in [-0.1, -0.05) is 13.8 Å².